The monoisotopic (exact) mass is 176 g/mol. The van der Waals surface area contributed by atoms with Gasteiger partial charge in [0.15, 0.2) is 6.29 Å². The van der Waals surface area contributed by atoms with Gasteiger partial charge in [-0.05, 0) is 14.0 Å². The maximum Gasteiger partial charge on any atom is 0.169 e. The van der Waals surface area contributed by atoms with E-state index in [1.807, 2.05) is 14.0 Å². The lowest BCUT2D eigenvalue weighted by Gasteiger charge is -2.23. The van der Waals surface area contributed by atoms with Crippen molar-refractivity contribution < 1.29 is 9.47 Å². The van der Waals surface area contributed by atoms with Crippen molar-refractivity contribution in [2.45, 2.75) is 19.3 Å². The highest BCUT2D eigenvalue weighted by Crippen LogP contribution is 1.95. The minimum atomic E-state index is -0.159. The summed E-state index contributed by atoms with van der Waals surface area (Å²) in [6.07, 6.45) is -0.159. The van der Waals surface area contributed by atoms with Crippen LogP contribution in [0.25, 0.3) is 0 Å². The molecule has 1 atom stereocenters. The number of hydrogen-bond acceptors (Lipinski definition) is 4. The van der Waals surface area contributed by atoms with Gasteiger partial charge in [0.25, 0.3) is 0 Å². The summed E-state index contributed by atoms with van der Waals surface area (Å²) in [7, 11) is 5.26. The first-order valence-corrected chi connectivity index (χ1v) is 4.09. The fraction of sp³-hybridized carbons (Fsp3) is 1.00. The molecule has 0 radical (unpaired) electrons. The smallest absolute Gasteiger partial charge is 0.169 e. The lowest BCUT2D eigenvalue weighted by Crippen LogP contribution is -2.38. The highest BCUT2D eigenvalue weighted by molar-refractivity contribution is 4.61. The Morgan fingerprint density at radius 2 is 1.75 bits per heavy atom. The Labute approximate surface area is 74.6 Å². The van der Waals surface area contributed by atoms with Crippen molar-refractivity contribution in [1.29, 1.82) is 0 Å². The highest BCUT2D eigenvalue weighted by Gasteiger charge is 2.09. The van der Waals surface area contributed by atoms with Crippen LogP contribution in [0.1, 0.15) is 6.92 Å². The number of nitrogens with zero attached hydrogens (tertiary/aromatic N) is 1. The molecule has 0 heterocycles. The highest BCUT2D eigenvalue weighted by atomic mass is 16.7. The number of methoxy groups -OCH3 is 2. The summed E-state index contributed by atoms with van der Waals surface area (Å²) in [6, 6.07) is 0.185. The molecule has 0 aliphatic heterocycles. The molecule has 0 aromatic carbocycles. The molecule has 0 bridgehead atoms. The standard InChI is InChI=1S/C8H20N2O2/c1-7(9)5-10(2)6-8(11-3)12-4/h7-8H,5-6,9H2,1-4H3. The Bertz CT molecular complexity index is 105. The van der Waals surface area contributed by atoms with Crippen LogP contribution in [0.5, 0.6) is 0 Å². The zero-order valence-corrected chi connectivity index (χ0v) is 8.41. The molecular weight excluding hydrogens is 156 g/mol. The molecule has 0 saturated carbocycles. The maximum atomic E-state index is 5.63. The lowest BCUT2D eigenvalue weighted by atomic mass is 10.3. The second-order valence-corrected chi connectivity index (χ2v) is 3.10. The van der Waals surface area contributed by atoms with E-state index in [2.05, 4.69) is 4.90 Å². The van der Waals surface area contributed by atoms with Crippen LogP contribution in [0.3, 0.4) is 0 Å². The molecule has 0 saturated heterocycles. The number of likely N-dealkylation sites (N-methyl/N-ethyl adjacent to an activating group) is 1. The van der Waals surface area contributed by atoms with Gasteiger partial charge in [-0.3, -0.25) is 4.90 Å². The Hall–Kier alpha value is -0.160. The molecule has 0 aromatic rings. The predicted octanol–water partition coefficient (Wildman–Crippen LogP) is -0.116. The van der Waals surface area contributed by atoms with E-state index in [9.17, 15) is 0 Å². The van der Waals surface area contributed by atoms with Crippen molar-refractivity contribution in [3.8, 4) is 0 Å². The van der Waals surface area contributed by atoms with E-state index in [1.54, 1.807) is 14.2 Å². The van der Waals surface area contributed by atoms with Crippen LogP contribution in [0.15, 0.2) is 0 Å². The third-order valence-corrected chi connectivity index (χ3v) is 1.59. The van der Waals surface area contributed by atoms with E-state index in [1.165, 1.54) is 0 Å². The second kappa shape index (κ2) is 6.37. The average Bonchev–Trinajstić information content (AvgIpc) is 1.98. The van der Waals surface area contributed by atoms with Gasteiger partial charge in [0.2, 0.25) is 0 Å². The average molecular weight is 176 g/mol. The van der Waals surface area contributed by atoms with E-state index in [0.717, 1.165) is 13.1 Å². The molecule has 0 amide bonds. The molecule has 0 spiro atoms. The van der Waals surface area contributed by atoms with Crippen LogP contribution in [0.4, 0.5) is 0 Å². The van der Waals surface area contributed by atoms with Crippen LogP contribution in [0, 0.1) is 0 Å². The Kier molecular flexibility index (Phi) is 6.28. The van der Waals surface area contributed by atoms with Gasteiger partial charge in [0, 0.05) is 33.4 Å². The van der Waals surface area contributed by atoms with Crippen LogP contribution < -0.4 is 5.73 Å². The fourth-order valence-electron chi connectivity index (χ4n) is 1.07. The van der Waals surface area contributed by atoms with Crippen molar-refractivity contribution in [3.63, 3.8) is 0 Å². The quantitative estimate of drug-likeness (QED) is 0.573. The fourth-order valence-corrected chi connectivity index (χ4v) is 1.07. The van der Waals surface area contributed by atoms with Crippen molar-refractivity contribution >= 4 is 0 Å². The maximum absolute atomic E-state index is 5.63. The number of ether oxygens (including phenoxy) is 2. The van der Waals surface area contributed by atoms with Crippen molar-refractivity contribution in [3.05, 3.63) is 0 Å². The minimum Gasteiger partial charge on any atom is -0.355 e. The van der Waals surface area contributed by atoms with E-state index >= 15 is 0 Å². The Balaban J connectivity index is 3.58. The summed E-state index contributed by atoms with van der Waals surface area (Å²) in [4.78, 5) is 2.09. The van der Waals surface area contributed by atoms with E-state index in [-0.39, 0.29) is 12.3 Å². The van der Waals surface area contributed by atoms with Gasteiger partial charge in [-0.15, -0.1) is 0 Å². The van der Waals surface area contributed by atoms with Gasteiger partial charge in [-0.2, -0.15) is 0 Å². The van der Waals surface area contributed by atoms with Crippen molar-refractivity contribution in [2.75, 3.05) is 34.4 Å². The lowest BCUT2D eigenvalue weighted by molar-refractivity contribution is -0.113. The SMILES string of the molecule is COC(CN(C)CC(C)N)OC. The topological polar surface area (TPSA) is 47.7 Å². The summed E-state index contributed by atoms with van der Waals surface area (Å²) >= 11 is 0. The zero-order chi connectivity index (χ0) is 9.56. The van der Waals surface area contributed by atoms with Crippen molar-refractivity contribution in [2.24, 2.45) is 5.73 Å². The molecule has 1 unspecified atom stereocenters. The van der Waals surface area contributed by atoms with Gasteiger partial charge in [-0.25, -0.2) is 0 Å². The van der Waals surface area contributed by atoms with Crippen LogP contribution in [-0.2, 0) is 9.47 Å². The molecule has 74 valence electrons. The molecular formula is C8H20N2O2. The van der Waals surface area contributed by atoms with Crippen molar-refractivity contribution in [1.82, 2.24) is 4.90 Å². The normalized spacial score (nSPS) is 14.2. The minimum absolute atomic E-state index is 0.159. The van der Waals surface area contributed by atoms with E-state index in [4.69, 9.17) is 15.2 Å². The summed E-state index contributed by atoms with van der Waals surface area (Å²) in [6.45, 7) is 3.57. The van der Waals surface area contributed by atoms with E-state index < -0.39 is 0 Å². The summed E-state index contributed by atoms with van der Waals surface area (Å²) < 4.78 is 10.1. The Morgan fingerprint density at radius 3 is 2.08 bits per heavy atom. The van der Waals surface area contributed by atoms with Gasteiger partial charge >= 0.3 is 0 Å². The Morgan fingerprint density at radius 1 is 1.25 bits per heavy atom. The first-order valence-electron chi connectivity index (χ1n) is 4.09. The number of rotatable bonds is 6. The first-order chi connectivity index (χ1) is 5.60. The number of hydrogen-bond donors (Lipinski definition) is 1. The van der Waals surface area contributed by atoms with E-state index in [0.29, 0.717) is 0 Å². The van der Waals surface area contributed by atoms with Gasteiger partial charge in [-0.1, -0.05) is 0 Å². The largest absolute Gasteiger partial charge is 0.355 e. The summed E-state index contributed by atoms with van der Waals surface area (Å²) in [5, 5.41) is 0. The molecule has 0 aliphatic rings. The van der Waals surface area contributed by atoms with Gasteiger partial charge in [0.1, 0.15) is 0 Å². The van der Waals surface area contributed by atoms with Gasteiger partial charge in [0.05, 0.1) is 0 Å². The molecule has 0 aromatic heterocycles. The zero-order valence-electron chi connectivity index (χ0n) is 8.41. The molecule has 0 rings (SSSR count). The van der Waals surface area contributed by atoms with Gasteiger partial charge < -0.3 is 15.2 Å². The molecule has 0 fully saturated rings. The second-order valence-electron chi connectivity index (χ2n) is 3.10. The summed E-state index contributed by atoms with van der Waals surface area (Å²) in [5.74, 6) is 0. The molecule has 2 N–H and O–H groups in total. The first kappa shape index (κ1) is 11.8. The third-order valence-electron chi connectivity index (χ3n) is 1.59. The predicted molar refractivity (Wildman–Crippen MR) is 49.0 cm³/mol. The molecule has 4 heteroatoms. The van der Waals surface area contributed by atoms with Crippen LogP contribution in [-0.4, -0.2) is 51.6 Å². The third kappa shape index (κ3) is 5.49. The molecule has 0 aliphatic carbocycles. The number of nitrogens with two attached hydrogens (primary N) is 1. The molecule has 4 nitrogen and oxygen atoms in total. The molecule has 12 heavy (non-hydrogen) atoms. The van der Waals surface area contributed by atoms with Crippen LogP contribution in [0.2, 0.25) is 0 Å². The van der Waals surface area contributed by atoms with Crippen LogP contribution >= 0.6 is 0 Å². The summed E-state index contributed by atoms with van der Waals surface area (Å²) in [5.41, 5.74) is 5.63.